The lowest BCUT2D eigenvalue weighted by atomic mass is 10.0. The molecule has 5 nitrogen and oxygen atoms in total. The zero-order chi connectivity index (χ0) is 20.8. The number of aromatic nitrogens is 1. The second kappa shape index (κ2) is 14.1. The van der Waals surface area contributed by atoms with Gasteiger partial charge in [0.25, 0.3) is 0 Å². The monoisotopic (exact) mass is 391 g/mol. The van der Waals surface area contributed by atoms with E-state index in [1.54, 1.807) is 18.2 Å². The fourth-order valence-electron chi connectivity index (χ4n) is 2.99. The average molecular weight is 392 g/mol. The topological polar surface area (TPSA) is 65.5 Å². The van der Waals surface area contributed by atoms with Gasteiger partial charge in [-0.15, -0.1) is 0 Å². The summed E-state index contributed by atoms with van der Waals surface area (Å²) >= 11 is 0. The lowest BCUT2D eigenvalue weighted by molar-refractivity contribution is 0.0412. The van der Waals surface area contributed by atoms with Crippen LogP contribution in [0.25, 0.3) is 0 Å². The van der Waals surface area contributed by atoms with Crippen LogP contribution < -0.4 is 0 Å². The first kappa shape index (κ1) is 24.1. The number of nitrogens with zero attached hydrogens (tertiary/aromatic N) is 1. The third-order valence-electron chi connectivity index (χ3n) is 5.15. The maximum Gasteiger partial charge on any atom is 0.356 e. The molecule has 0 radical (unpaired) electrons. The van der Waals surface area contributed by atoms with Crippen LogP contribution in [0.15, 0.2) is 18.2 Å². The molecule has 0 bridgehead atoms. The number of unbranched alkanes of at least 4 members (excludes halogenated alkanes) is 2. The van der Waals surface area contributed by atoms with Gasteiger partial charge >= 0.3 is 11.9 Å². The van der Waals surface area contributed by atoms with Crippen molar-refractivity contribution >= 4 is 11.9 Å². The molecule has 2 unspecified atom stereocenters. The van der Waals surface area contributed by atoms with Gasteiger partial charge in [0.05, 0.1) is 13.2 Å². The number of esters is 2. The Morgan fingerprint density at radius 3 is 1.61 bits per heavy atom. The van der Waals surface area contributed by atoms with E-state index in [2.05, 4.69) is 32.7 Å². The molecule has 5 heteroatoms. The number of ether oxygens (including phenoxy) is 2. The van der Waals surface area contributed by atoms with Gasteiger partial charge in [-0.2, -0.15) is 0 Å². The normalized spacial score (nSPS) is 13.0. The maximum atomic E-state index is 12.3. The van der Waals surface area contributed by atoms with Crippen LogP contribution in [0.2, 0.25) is 0 Å². The van der Waals surface area contributed by atoms with Crippen LogP contribution in [0.3, 0.4) is 0 Å². The van der Waals surface area contributed by atoms with Gasteiger partial charge in [0, 0.05) is 0 Å². The number of hydrogen-bond acceptors (Lipinski definition) is 5. The molecule has 0 aliphatic rings. The maximum absolute atomic E-state index is 12.3. The number of pyridine rings is 1. The van der Waals surface area contributed by atoms with Gasteiger partial charge < -0.3 is 9.47 Å². The highest BCUT2D eigenvalue weighted by Gasteiger charge is 2.17. The van der Waals surface area contributed by atoms with Crippen molar-refractivity contribution < 1.29 is 19.1 Å². The number of rotatable bonds is 14. The zero-order valence-corrected chi connectivity index (χ0v) is 18.0. The van der Waals surface area contributed by atoms with E-state index in [9.17, 15) is 9.59 Å². The minimum absolute atomic E-state index is 0.151. The van der Waals surface area contributed by atoms with Crippen molar-refractivity contribution in [2.75, 3.05) is 13.2 Å². The molecule has 0 spiro atoms. The molecule has 0 saturated heterocycles. The Balaban J connectivity index is 2.59. The summed E-state index contributed by atoms with van der Waals surface area (Å²) in [6, 6.07) is 4.79. The highest BCUT2D eigenvalue weighted by molar-refractivity contribution is 5.91. The van der Waals surface area contributed by atoms with Gasteiger partial charge in [0.1, 0.15) is 11.4 Å². The third kappa shape index (κ3) is 8.85. The Morgan fingerprint density at radius 2 is 1.25 bits per heavy atom. The summed E-state index contributed by atoms with van der Waals surface area (Å²) in [5.41, 5.74) is 0.302. The van der Waals surface area contributed by atoms with Crippen molar-refractivity contribution in [3.63, 3.8) is 0 Å². The first-order valence-electron chi connectivity index (χ1n) is 10.9. The molecule has 1 heterocycles. The SMILES string of the molecule is CCCCC(CC)COC(=O)c1cccc(C(=O)OCC(CC)CCCC)n1. The van der Waals surface area contributed by atoms with Gasteiger partial charge in [-0.1, -0.05) is 72.3 Å². The summed E-state index contributed by atoms with van der Waals surface area (Å²) in [6.45, 7) is 9.29. The van der Waals surface area contributed by atoms with Crippen LogP contribution in [-0.4, -0.2) is 30.1 Å². The van der Waals surface area contributed by atoms with E-state index in [-0.39, 0.29) is 11.4 Å². The lowest BCUT2D eigenvalue weighted by Crippen LogP contribution is -2.18. The van der Waals surface area contributed by atoms with Crippen molar-refractivity contribution in [2.24, 2.45) is 11.8 Å². The van der Waals surface area contributed by atoms with E-state index >= 15 is 0 Å². The molecule has 158 valence electrons. The van der Waals surface area contributed by atoms with Crippen LogP contribution in [0.4, 0.5) is 0 Å². The molecule has 1 rings (SSSR count). The predicted molar refractivity (Wildman–Crippen MR) is 111 cm³/mol. The molecule has 28 heavy (non-hydrogen) atoms. The zero-order valence-electron chi connectivity index (χ0n) is 18.0. The molecular formula is C23H37NO4. The Bertz CT molecular complexity index is 540. The first-order valence-corrected chi connectivity index (χ1v) is 10.9. The van der Waals surface area contributed by atoms with E-state index in [4.69, 9.17) is 9.47 Å². The summed E-state index contributed by atoms with van der Waals surface area (Å²) in [4.78, 5) is 28.8. The second-order valence-corrected chi connectivity index (χ2v) is 7.44. The van der Waals surface area contributed by atoms with E-state index in [1.165, 1.54) is 0 Å². The lowest BCUT2D eigenvalue weighted by Gasteiger charge is -2.15. The minimum Gasteiger partial charge on any atom is -0.461 e. The molecule has 2 atom stereocenters. The molecule has 0 aromatic carbocycles. The standard InChI is InChI=1S/C23H37NO4/c1-5-9-12-18(7-3)16-27-22(25)20-14-11-15-21(24-20)23(26)28-17-19(8-4)13-10-6-2/h11,14-15,18-19H,5-10,12-13,16-17H2,1-4H3. The number of carbonyl (C=O) groups is 2. The van der Waals surface area contributed by atoms with Gasteiger partial charge in [-0.3, -0.25) is 0 Å². The number of hydrogen-bond donors (Lipinski definition) is 0. The molecule has 0 fully saturated rings. The van der Waals surface area contributed by atoms with E-state index in [1.807, 2.05) is 0 Å². The summed E-state index contributed by atoms with van der Waals surface area (Å²) in [7, 11) is 0. The molecule has 0 saturated carbocycles. The van der Waals surface area contributed by atoms with Crippen LogP contribution >= 0.6 is 0 Å². The van der Waals surface area contributed by atoms with Crippen molar-refractivity contribution in [3.05, 3.63) is 29.6 Å². The van der Waals surface area contributed by atoms with Crippen LogP contribution in [0.5, 0.6) is 0 Å². The van der Waals surface area contributed by atoms with E-state index < -0.39 is 11.9 Å². The van der Waals surface area contributed by atoms with Crippen molar-refractivity contribution in [1.29, 1.82) is 0 Å². The Labute approximate surface area is 170 Å². The Morgan fingerprint density at radius 1 is 0.821 bits per heavy atom. The summed E-state index contributed by atoms with van der Waals surface area (Å²) in [6.07, 6.45) is 8.58. The smallest absolute Gasteiger partial charge is 0.356 e. The van der Waals surface area contributed by atoms with Gasteiger partial charge in [-0.25, -0.2) is 14.6 Å². The molecule has 1 aromatic heterocycles. The minimum atomic E-state index is -0.487. The van der Waals surface area contributed by atoms with Crippen LogP contribution in [0, 0.1) is 11.8 Å². The summed E-state index contributed by atoms with van der Waals surface area (Å²) in [5, 5.41) is 0. The van der Waals surface area contributed by atoms with Gasteiger partial charge in [0.2, 0.25) is 0 Å². The van der Waals surface area contributed by atoms with Crippen molar-refractivity contribution in [2.45, 2.75) is 79.1 Å². The average Bonchev–Trinajstić information content (AvgIpc) is 2.73. The largest absolute Gasteiger partial charge is 0.461 e. The van der Waals surface area contributed by atoms with Crippen LogP contribution in [0.1, 0.15) is 100 Å². The van der Waals surface area contributed by atoms with E-state index in [0.29, 0.717) is 25.0 Å². The molecule has 0 aliphatic heterocycles. The third-order valence-corrected chi connectivity index (χ3v) is 5.15. The molecule has 0 amide bonds. The quantitative estimate of drug-likeness (QED) is 0.373. The highest BCUT2D eigenvalue weighted by Crippen LogP contribution is 2.15. The van der Waals surface area contributed by atoms with E-state index in [0.717, 1.165) is 51.4 Å². The molecule has 0 aliphatic carbocycles. The molecule has 1 aromatic rings. The van der Waals surface area contributed by atoms with Crippen molar-refractivity contribution in [3.8, 4) is 0 Å². The second-order valence-electron chi connectivity index (χ2n) is 7.44. The summed E-state index contributed by atoms with van der Waals surface area (Å²) < 4.78 is 10.8. The number of carbonyl (C=O) groups excluding carboxylic acids is 2. The van der Waals surface area contributed by atoms with Gasteiger partial charge in [-0.05, 0) is 36.8 Å². The van der Waals surface area contributed by atoms with Crippen LogP contribution in [-0.2, 0) is 9.47 Å². The summed E-state index contributed by atoms with van der Waals surface area (Å²) in [5.74, 6) is -0.241. The Hall–Kier alpha value is -1.91. The fraction of sp³-hybridized carbons (Fsp3) is 0.696. The van der Waals surface area contributed by atoms with Gasteiger partial charge in [0.15, 0.2) is 0 Å². The molecule has 0 N–H and O–H groups in total. The first-order chi connectivity index (χ1) is 13.5. The Kier molecular flexibility index (Phi) is 12.2. The fourth-order valence-corrected chi connectivity index (χ4v) is 2.99. The highest BCUT2D eigenvalue weighted by atomic mass is 16.5. The molecular weight excluding hydrogens is 354 g/mol. The van der Waals surface area contributed by atoms with Crippen molar-refractivity contribution in [1.82, 2.24) is 4.98 Å². The predicted octanol–water partition coefficient (Wildman–Crippen LogP) is 5.83.